The third-order valence-electron chi connectivity index (χ3n) is 2.68. The van der Waals surface area contributed by atoms with Crippen LogP contribution in [0.25, 0.3) is 0 Å². The molecule has 0 aliphatic heterocycles. The van der Waals surface area contributed by atoms with Crippen LogP contribution in [0.5, 0.6) is 5.75 Å². The molecule has 104 valence electrons. The molecule has 0 saturated carbocycles. The van der Waals surface area contributed by atoms with Crippen LogP contribution in [-0.4, -0.2) is 13.0 Å². The Bertz CT molecular complexity index is 662. The minimum atomic E-state index is -0.315. The molecule has 0 fully saturated rings. The van der Waals surface area contributed by atoms with Crippen LogP contribution in [0.15, 0.2) is 40.9 Å². The first kappa shape index (κ1) is 14.7. The largest absolute Gasteiger partial charge is 0.497 e. The molecular weight excluding hydrogens is 344 g/mol. The summed E-state index contributed by atoms with van der Waals surface area (Å²) < 4.78 is 5.78. The minimum Gasteiger partial charge on any atom is -0.497 e. The Morgan fingerprint density at radius 1 is 1.30 bits per heavy atom. The third-order valence-corrected chi connectivity index (χ3v) is 3.58. The highest BCUT2D eigenvalue weighted by atomic mass is 79.9. The van der Waals surface area contributed by atoms with Crippen LogP contribution in [0.1, 0.15) is 10.4 Å². The number of amides is 1. The summed E-state index contributed by atoms with van der Waals surface area (Å²) in [7, 11) is 1.53. The summed E-state index contributed by atoms with van der Waals surface area (Å²) in [6.45, 7) is 0. The summed E-state index contributed by atoms with van der Waals surface area (Å²) in [5, 5.41) is 3.35. The van der Waals surface area contributed by atoms with Crippen LogP contribution >= 0.6 is 27.5 Å². The van der Waals surface area contributed by atoms with E-state index in [4.69, 9.17) is 22.1 Å². The number of halogens is 2. The van der Waals surface area contributed by atoms with Gasteiger partial charge >= 0.3 is 0 Å². The minimum absolute atomic E-state index is 0.315. The number of nitrogen functional groups attached to an aromatic ring is 1. The van der Waals surface area contributed by atoms with E-state index in [9.17, 15) is 4.79 Å². The zero-order chi connectivity index (χ0) is 14.7. The van der Waals surface area contributed by atoms with Crippen LogP contribution in [-0.2, 0) is 0 Å². The van der Waals surface area contributed by atoms with Crippen molar-refractivity contribution in [2.24, 2.45) is 0 Å². The lowest BCUT2D eigenvalue weighted by Gasteiger charge is -2.10. The summed E-state index contributed by atoms with van der Waals surface area (Å²) in [5.41, 5.74) is 7.16. The lowest BCUT2D eigenvalue weighted by Crippen LogP contribution is -2.14. The van der Waals surface area contributed by atoms with Gasteiger partial charge in [0.15, 0.2) is 0 Å². The lowest BCUT2D eigenvalue weighted by molar-refractivity contribution is 0.102. The molecule has 0 heterocycles. The van der Waals surface area contributed by atoms with Crippen molar-refractivity contribution in [3.05, 3.63) is 51.5 Å². The van der Waals surface area contributed by atoms with Crippen molar-refractivity contribution in [3.8, 4) is 5.75 Å². The molecule has 0 aliphatic rings. The zero-order valence-corrected chi connectivity index (χ0v) is 13.0. The van der Waals surface area contributed by atoms with E-state index in [1.807, 2.05) is 0 Å². The number of ether oxygens (including phenoxy) is 1. The van der Waals surface area contributed by atoms with Crippen molar-refractivity contribution in [1.82, 2.24) is 0 Å². The van der Waals surface area contributed by atoms with Crippen LogP contribution in [0.2, 0.25) is 5.02 Å². The molecule has 0 radical (unpaired) electrons. The predicted octanol–water partition coefficient (Wildman–Crippen LogP) is 3.95. The van der Waals surface area contributed by atoms with Gasteiger partial charge in [-0.25, -0.2) is 0 Å². The second-order valence-electron chi connectivity index (χ2n) is 4.03. The number of carbonyl (C=O) groups excluding carboxylic acids is 1. The van der Waals surface area contributed by atoms with Crippen molar-refractivity contribution in [1.29, 1.82) is 0 Å². The van der Waals surface area contributed by atoms with E-state index < -0.39 is 0 Å². The highest BCUT2D eigenvalue weighted by Gasteiger charge is 2.13. The fourth-order valence-electron chi connectivity index (χ4n) is 1.64. The smallest absolute Gasteiger partial charge is 0.257 e. The Labute approximate surface area is 130 Å². The van der Waals surface area contributed by atoms with Crippen LogP contribution < -0.4 is 15.8 Å². The second kappa shape index (κ2) is 6.15. The molecule has 0 saturated heterocycles. The number of anilines is 2. The summed E-state index contributed by atoms with van der Waals surface area (Å²) in [6.07, 6.45) is 0. The number of benzene rings is 2. The van der Waals surface area contributed by atoms with E-state index in [1.165, 1.54) is 7.11 Å². The number of hydrogen-bond donors (Lipinski definition) is 2. The molecule has 2 aromatic carbocycles. The van der Waals surface area contributed by atoms with E-state index >= 15 is 0 Å². The summed E-state index contributed by atoms with van der Waals surface area (Å²) in [5.74, 6) is 0.254. The molecule has 20 heavy (non-hydrogen) atoms. The number of rotatable bonds is 3. The number of nitrogens with two attached hydrogens (primary N) is 1. The molecular formula is C14H12BrClN2O2. The zero-order valence-electron chi connectivity index (χ0n) is 10.6. The third kappa shape index (κ3) is 3.23. The monoisotopic (exact) mass is 354 g/mol. The standard InChI is InChI=1S/C14H12BrClN2O2/c1-20-9-3-4-12(17)10(7-9)14(19)18-13-5-2-8(16)6-11(13)15/h2-7H,17H2,1H3,(H,18,19). The van der Waals surface area contributed by atoms with Gasteiger partial charge in [-0.3, -0.25) is 4.79 Å². The molecule has 2 rings (SSSR count). The van der Waals surface area contributed by atoms with Crippen LogP contribution in [0.4, 0.5) is 11.4 Å². The molecule has 0 atom stereocenters. The maximum Gasteiger partial charge on any atom is 0.257 e. The fourth-order valence-corrected chi connectivity index (χ4v) is 2.42. The quantitative estimate of drug-likeness (QED) is 0.820. The molecule has 0 bridgehead atoms. The topological polar surface area (TPSA) is 64.3 Å². The van der Waals surface area contributed by atoms with Gasteiger partial charge < -0.3 is 15.8 Å². The SMILES string of the molecule is COc1ccc(N)c(C(=O)Nc2ccc(Cl)cc2Br)c1. The first-order valence-electron chi connectivity index (χ1n) is 5.71. The number of hydrogen-bond acceptors (Lipinski definition) is 3. The first-order chi connectivity index (χ1) is 9.51. The van der Waals surface area contributed by atoms with Gasteiger partial charge in [0.05, 0.1) is 18.4 Å². The summed E-state index contributed by atoms with van der Waals surface area (Å²) >= 11 is 9.20. The van der Waals surface area contributed by atoms with Crippen LogP contribution in [0.3, 0.4) is 0 Å². The van der Waals surface area contributed by atoms with Gasteiger partial charge in [0.25, 0.3) is 5.91 Å². The van der Waals surface area contributed by atoms with Crippen molar-refractivity contribution >= 4 is 44.8 Å². The van der Waals surface area contributed by atoms with Gasteiger partial charge in [-0.1, -0.05) is 11.6 Å². The molecule has 0 unspecified atom stereocenters. The summed E-state index contributed by atoms with van der Waals surface area (Å²) in [4.78, 5) is 12.2. The van der Waals surface area contributed by atoms with Gasteiger partial charge in [-0.15, -0.1) is 0 Å². The molecule has 4 nitrogen and oxygen atoms in total. The average Bonchev–Trinajstić information content (AvgIpc) is 2.42. The second-order valence-corrected chi connectivity index (χ2v) is 5.32. The summed E-state index contributed by atoms with van der Waals surface area (Å²) in [6, 6.07) is 10.0. The van der Waals surface area contributed by atoms with E-state index in [-0.39, 0.29) is 5.91 Å². The van der Waals surface area contributed by atoms with Crippen molar-refractivity contribution in [2.75, 3.05) is 18.2 Å². The van der Waals surface area contributed by atoms with Gasteiger partial charge in [-0.2, -0.15) is 0 Å². The van der Waals surface area contributed by atoms with Gasteiger partial charge in [0, 0.05) is 15.2 Å². The molecule has 6 heteroatoms. The Morgan fingerprint density at radius 3 is 2.70 bits per heavy atom. The van der Waals surface area contributed by atoms with E-state index in [1.54, 1.807) is 36.4 Å². The Morgan fingerprint density at radius 2 is 2.05 bits per heavy atom. The Kier molecular flexibility index (Phi) is 4.52. The van der Waals surface area contributed by atoms with Crippen molar-refractivity contribution < 1.29 is 9.53 Å². The Balaban J connectivity index is 2.28. The molecule has 0 aliphatic carbocycles. The lowest BCUT2D eigenvalue weighted by atomic mass is 10.1. The van der Waals surface area contributed by atoms with Crippen molar-refractivity contribution in [2.45, 2.75) is 0 Å². The molecule has 0 aromatic heterocycles. The Hall–Kier alpha value is -1.72. The maximum atomic E-state index is 12.2. The average molecular weight is 356 g/mol. The van der Waals surface area contributed by atoms with Crippen LogP contribution in [0, 0.1) is 0 Å². The molecule has 2 aromatic rings. The predicted molar refractivity (Wildman–Crippen MR) is 84.5 cm³/mol. The van der Waals surface area contributed by atoms with Gasteiger partial charge in [0.1, 0.15) is 5.75 Å². The highest BCUT2D eigenvalue weighted by Crippen LogP contribution is 2.27. The maximum absolute atomic E-state index is 12.2. The van der Waals surface area contributed by atoms with E-state index in [0.29, 0.717) is 32.2 Å². The van der Waals surface area contributed by atoms with Gasteiger partial charge in [0.2, 0.25) is 0 Å². The number of methoxy groups -OCH3 is 1. The molecule has 1 amide bonds. The first-order valence-corrected chi connectivity index (χ1v) is 6.88. The van der Waals surface area contributed by atoms with E-state index in [2.05, 4.69) is 21.2 Å². The van der Waals surface area contributed by atoms with E-state index in [0.717, 1.165) is 0 Å². The normalized spacial score (nSPS) is 10.2. The van der Waals surface area contributed by atoms with Crippen molar-refractivity contribution in [3.63, 3.8) is 0 Å². The number of carbonyl (C=O) groups is 1. The number of nitrogens with one attached hydrogen (secondary N) is 1. The molecule has 0 spiro atoms. The molecule has 3 N–H and O–H groups in total. The highest BCUT2D eigenvalue weighted by molar-refractivity contribution is 9.10. The van der Waals surface area contributed by atoms with Gasteiger partial charge in [-0.05, 0) is 52.3 Å². The fraction of sp³-hybridized carbons (Fsp3) is 0.0714.